The monoisotopic (exact) mass is 360 g/mol. The van der Waals surface area contributed by atoms with Crippen LogP contribution in [0.25, 0.3) is 22.5 Å². The molecule has 118 valence electrons. The predicted octanol–water partition coefficient (Wildman–Crippen LogP) is 4.58. The molecule has 0 aliphatic carbocycles. The van der Waals surface area contributed by atoms with E-state index in [0.717, 1.165) is 0 Å². The number of halogens is 5. The molecule has 3 rings (SSSR count). The summed E-state index contributed by atoms with van der Waals surface area (Å²) < 4.78 is 42.8. The van der Waals surface area contributed by atoms with E-state index in [1.807, 2.05) is 0 Å². The van der Waals surface area contributed by atoms with Gasteiger partial charge in [0.25, 0.3) is 5.89 Å². The average Bonchev–Trinajstić information content (AvgIpc) is 2.47. The lowest BCUT2D eigenvalue weighted by molar-refractivity contribution is -0.137. The second kappa shape index (κ2) is 5.50. The van der Waals surface area contributed by atoms with Crippen LogP contribution in [0.3, 0.4) is 0 Å². The molecule has 0 spiro atoms. The zero-order chi connectivity index (χ0) is 16.8. The molecule has 23 heavy (non-hydrogen) atoms. The lowest BCUT2D eigenvalue weighted by atomic mass is 10.2. The van der Waals surface area contributed by atoms with Crippen molar-refractivity contribution in [3.05, 3.63) is 56.5 Å². The zero-order valence-electron chi connectivity index (χ0n) is 11.0. The quantitative estimate of drug-likeness (QED) is 0.637. The molecule has 0 unspecified atom stereocenters. The number of aromatic nitrogens is 2. The van der Waals surface area contributed by atoms with E-state index >= 15 is 0 Å². The van der Waals surface area contributed by atoms with Crippen LogP contribution in [-0.2, 0) is 6.18 Å². The largest absolute Gasteiger partial charge is 0.417 e. The number of hydrogen-bond donors (Lipinski definition) is 0. The predicted molar refractivity (Wildman–Crippen MR) is 78.5 cm³/mol. The maximum atomic E-state index is 12.6. The first-order valence-electron chi connectivity index (χ1n) is 6.09. The zero-order valence-corrected chi connectivity index (χ0v) is 12.5. The number of alkyl halides is 3. The van der Waals surface area contributed by atoms with Crippen molar-refractivity contribution in [2.45, 2.75) is 6.18 Å². The van der Waals surface area contributed by atoms with Gasteiger partial charge in [0.05, 0.1) is 21.5 Å². The van der Waals surface area contributed by atoms with Crippen molar-refractivity contribution in [1.29, 1.82) is 0 Å². The van der Waals surface area contributed by atoms with E-state index in [2.05, 4.69) is 9.97 Å². The summed E-state index contributed by atoms with van der Waals surface area (Å²) in [6.07, 6.45) is -3.99. The fraction of sp³-hybridized carbons (Fsp3) is 0.0714. The Bertz CT molecular complexity index is 970. The molecule has 0 saturated carbocycles. The van der Waals surface area contributed by atoms with Crippen molar-refractivity contribution in [2.24, 2.45) is 0 Å². The molecule has 0 radical (unpaired) electrons. The summed E-state index contributed by atoms with van der Waals surface area (Å²) in [6.45, 7) is 0. The van der Waals surface area contributed by atoms with Crippen molar-refractivity contribution in [2.75, 3.05) is 0 Å². The summed E-state index contributed by atoms with van der Waals surface area (Å²) in [5.41, 5.74) is -1.65. The fourth-order valence-corrected chi connectivity index (χ4v) is 2.32. The van der Waals surface area contributed by atoms with Crippen molar-refractivity contribution in [1.82, 2.24) is 9.97 Å². The third kappa shape index (κ3) is 3.02. The van der Waals surface area contributed by atoms with E-state index in [0.29, 0.717) is 17.3 Å². The first-order chi connectivity index (χ1) is 10.8. The Balaban J connectivity index is 2.18. The number of benzene rings is 1. The highest BCUT2D eigenvalue weighted by atomic mass is 35.5. The minimum Gasteiger partial charge on any atom is -0.401 e. The van der Waals surface area contributed by atoms with E-state index in [1.165, 1.54) is 18.2 Å². The first-order valence-corrected chi connectivity index (χ1v) is 6.85. The summed E-state index contributed by atoms with van der Waals surface area (Å²) in [5.74, 6) is -0.274. The standard InChI is InChI=1S/C14H5Cl2F3N2O2/c15-7-1-2-10-8(4-7)13(22)23-12(21-10)11-9(16)3-6(5-20-11)14(17,18)19/h1-5H. The lowest BCUT2D eigenvalue weighted by Crippen LogP contribution is -2.07. The molecule has 0 aliphatic heterocycles. The third-order valence-electron chi connectivity index (χ3n) is 2.96. The number of hydrogen-bond acceptors (Lipinski definition) is 4. The van der Waals surface area contributed by atoms with E-state index < -0.39 is 17.4 Å². The minimum absolute atomic E-state index is 0.143. The lowest BCUT2D eigenvalue weighted by Gasteiger charge is -2.08. The van der Waals surface area contributed by atoms with Crippen LogP contribution in [-0.4, -0.2) is 9.97 Å². The molecule has 0 N–H and O–H groups in total. The van der Waals surface area contributed by atoms with E-state index in [9.17, 15) is 18.0 Å². The van der Waals surface area contributed by atoms with E-state index in [4.69, 9.17) is 27.6 Å². The second-order valence-corrected chi connectivity index (χ2v) is 5.36. The van der Waals surface area contributed by atoms with E-state index in [-0.39, 0.29) is 27.5 Å². The number of nitrogens with zero attached hydrogens (tertiary/aromatic N) is 2. The van der Waals surface area contributed by atoms with Gasteiger partial charge in [0.2, 0.25) is 0 Å². The Morgan fingerprint density at radius 1 is 1.13 bits per heavy atom. The summed E-state index contributed by atoms with van der Waals surface area (Å²) in [6, 6.07) is 5.07. The van der Waals surface area contributed by atoms with Gasteiger partial charge in [-0.05, 0) is 24.3 Å². The van der Waals surface area contributed by atoms with Gasteiger partial charge in [-0.3, -0.25) is 0 Å². The molecule has 0 saturated heterocycles. The number of rotatable bonds is 1. The van der Waals surface area contributed by atoms with Gasteiger partial charge in [0.1, 0.15) is 5.69 Å². The molecule has 0 atom stereocenters. The highest BCUT2D eigenvalue weighted by Gasteiger charge is 2.32. The molecule has 0 fully saturated rings. The third-order valence-corrected chi connectivity index (χ3v) is 3.48. The summed E-state index contributed by atoms with van der Waals surface area (Å²) >= 11 is 11.6. The first kappa shape index (κ1) is 15.8. The van der Waals surface area contributed by atoms with Crippen LogP contribution in [0, 0.1) is 0 Å². The molecular weight excluding hydrogens is 356 g/mol. The second-order valence-electron chi connectivity index (χ2n) is 4.52. The van der Waals surface area contributed by atoms with Gasteiger partial charge in [-0.2, -0.15) is 13.2 Å². The highest BCUT2D eigenvalue weighted by molar-refractivity contribution is 6.33. The SMILES string of the molecule is O=c1oc(-c2ncc(C(F)(F)F)cc2Cl)nc2ccc(Cl)cc12. The number of pyridine rings is 1. The van der Waals surface area contributed by atoms with Crippen LogP contribution >= 0.6 is 23.2 Å². The Kier molecular flexibility index (Phi) is 3.77. The topological polar surface area (TPSA) is 56.0 Å². The highest BCUT2D eigenvalue weighted by Crippen LogP contribution is 2.33. The maximum absolute atomic E-state index is 12.6. The molecule has 3 aromatic rings. The van der Waals surface area contributed by atoms with Gasteiger partial charge in [-0.25, -0.2) is 14.8 Å². The average molecular weight is 361 g/mol. The van der Waals surface area contributed by atoms with Crippen molar-refractivity contribution in [3.63, 3.8) is 0 Å². The summed E-state index contributed by atoms with van der Waals surface area (Å²) in [7, 11) is 0. The Hall–Kier alpha value is -2.12. The van der Waals surface area contributed by atoms with Gasteiger partial charge in [-0.1, -0.05) is 23.2 Å². The Labute approximate surface area is 136 Å². The van der Waals surface area contributed by atoms with Gasteiger partial charge < -0.3 is 4.42 Å². The molecule has 2 heterocycles. The van der Waals surface area contributed by atoms with E-state index in [1.54, 1.807) is 0 Å². The van der Waals surface area contributed by atoms with Gasteiger partial charge >= 0.3 is 11.8 Å². The van der Waals surface area contributed by atoms with Crippen LogP contribution in [0.4, 0.5) is 13.2 Å². The number of fused-ring (bicyclic) bond motifs is 1. The Morgan fingerprint density at radius 3 is 2.52 bits per heavy atom. The minimum atomic E-state index is -4.58. The van der Waals surface area contributed by atoms with Crippen molar-refractivity contribution < 1.29 is 17.6 Å². The van der Waals surface area contributed by atoms with Crippen LogP contribution in [0.2, 0.25) is 10.0 Å². The molecule has 1 aromatic carbocycles. The molecule has 0 amide bonds. The Morgan fingerprint density at radius 2 is 1.87 bits per heavy atom. The van der Waals surface area contributed by atoms with Crippen LogP contribution in [0.5, 0.6) is 0 Å². The molecule has 2 aromatic heterocycles. The van der Waals surface area contributed by atoms with Crippen LogP contribution in [0.1, 0.15) is 5.56 Å². The summed E-state index contributed by atoms with van der Waals surface area (Å²) in [5, 5.41) is 0.137. The van der Waals surface area contributed by atoms with Crippen molar-refractivity contribution >= 4 is 34.1 Å². The van der Waals surface area contributed by atoms with Crippen molar-refractivity contribution in [3.8, 4) is 11.6 Å². The molecular formula is C14H5Cl2F3N2O2. The van der Waals surface area contributed by atoms with Crippen LogP contribution in [0.15, 0.2) is 39.7 Å². The fourth-order valence-electron chi connectivity index (χ4n) is 1.90. The molecule has 4 nitrogen and oxygen atoms in total. The van der Waals surface area contributed by atoms with Gasteiger partial charge in [0.15, 0.2) is 0 Å². The molecule has 0 bridgehead atoms. The smallest absolute Gasteiger partial charge is 0.401 e. The van der Waals surface area contributed by atoms with Gasteiger partial charge in [0, 0.05) is 11.2 Å². The van der Waals surface area contributed by atoms with Crippen LogP contribution < -0.4 is 5.63 Å². The van der Waals surface area contributed by atoms with Gasteiger partial charge in [-0.15, -0.1) is 0 Å². The normalized spacial score (nSPS) is 11.9. The molecule has 9 heteroatoms. The maximum Gasteiger partial charge on any atom is 0.417 e. The summed E-state index contributed by atoms with van der Waals surface area (Å²) in [4.78, 5) is 19.6. The molecule has 0 aliphatic rings.